The van der Waals surface area contributed by atoms with E-state index in [0.717, 1.165) is 47.9 Å². The van der Waals surface area contributed by atoms with Crippen LogP contribution in [0.25, 0.3) is 33.4 Å². The third-order valence-corrected chi connectivity index (χ3v) is 6.94. The zero-order chi connectivity index (χ0) is 23.8. The van der Waals surface area contributed by atoms with Gasteiger partial charge in [0.05, 0.1) is 11.9 Å². The van der Waals surface area contributed by atoms with Crippen LogP contribution < -0.4 is 11.3 Å². The molecule has 0 saturated heterocycles. The van der Waals surface area contributed by atoms with Crippen molar-refractivity contribution in [2.24, 2.45) is 11.7 Å². The van der Waals surface area contributed by atoms with Crippen LogP contribution in [0.5, 0.6) is 0 Å². The third kappa shape index (κ3) is 4.45. The lowest BCUT2D eigenvalue weighted by Crippen LogP contribution is -2.31. The number of nitrogens with two attached hydrogens (primary N) is 1. The van der Waals surface area contributed by atoms with Gasteiger partial charge < -0.3 is 5.73 Å². The summed E-state index contributed by atoms with van der Waals surface area (Å²) in [7, 11) is 0. The number of hydrogen-bond acceptors (Lipinski definition) is 6. The van der Waals surface area contributed by atoms with Gasteiger partial charge in [0.1, 0.15) is 11.5 Å². The van der Waals surface area contributed by atoms with Gasteiger partial charge in [0.25, 0.3) is 5.56 Å². The van der Waals surface area contributed by atoms with Crippen molar-refractivity contribution in [3.05, 3.63) is 69.5 Å². The predicted molar refractivity (Wildman–Crippen MR) is 135 cm³/mol. The molecule has 0 atom stereocenters. The predicted octanol–water partition coefficient (Wildman–Crippen LogP) is 4.70. The minimum Gasteiger partial charge on any atom is -0.328 e. The van der Waals surface area contributed by atoms with Gasteiger partial charge in [-0.05, 0) is 69.2 Å². The molecule has 34 heavy (non-hydrogen) atoms. The van der Waals surface area contributed by atoms with Gasteiger partial charge in [-0.25, -0.2) is 9.97 Å². The summed E-state index contributed by atoms with van der Waals surface area (Å²) >= 11 is 6.72. The summed E-state index contributed by atoms with van der Waals surface area (Å²) in [5.74, 6) is 1.03. The largest absolute Gasteiger partial charge is 0.328 e. The van der Waals surface area contributed by atoms with Crippen LogP contribution in [0.3, 0.4) is 0 Å². The average molecular weight is 475 g/mol. The van der Waals surface area contributed by atoms with Crippen molar-refractivity contribution in [1.29, 1.82) is 0 Å². The van der Waals surface area contributed by atoms with Crippen molar-refractivity contribution in [2.75, 3.05) is 0 Å². The Kier molecular flexibility index (Phi) is 6.15. The fourth-order valence-electron chi connectivity index (χ4n) is 4.73. The maximum Gasteiger partial charge on any atom is 0.260 e. The summed E-state index contributed by atoms with van der Waals surface area (Å²) in [5, 5.41) is 9.54. The Bertz CT molecular complexity index is 1420. The zero-order valence-electron chi connectivity index (χ0n) is 19.3. The Morgan fingerprint density at radius 1 is 1.06 bits per heavy atom. The molecule has 0 amide bonds. The molecule has 3 aromatic heterocycles. The second-order valence-electron chi connectivity index (χ2n) is 9.26. The molecule has 8 heteroatoms. The number of aromatic nitrogens is 5. The Labute approximate surface area is 203 Å². The van der Waals surface area contributed by atoms with Gasteiger partial charge in [-0.3, -0.25) is 9.36 Å². The first-order valence-electron chi connectivity index (χ1n) is 11.6. The summed E-state index contributed by atoms with van der Waals surface area (Å²) in [6, 6.07) is 9.70. The van der Waals surface area contributed by atoms with E-state index in [0.29, 0.717) is 40.1 Å². The molecule has 174 valence electrons. The lowest BCUT2D eigenvalue weighted by molar-refractivity contribution is 0.295. The first-order chi connectivity index (χ1) is 16.4. The summed E-state index contributed by atoms with van der Waals surface area (Å²) < 4.78 is 1.80. The standard InChI is InChI=1S/C26H27ClN6O/c1-15-9-24(32-30-12-15)18-5-8-21(23(27)11-18)22-10-19-13-29-16(2)31-25(19)33(26(22)34)14-17-3-6-20(28)7-4-17/h5,8-13,17,20H,3-4,6-7,14,28H2,1-2H3/t17-,20-. The normalized spacial score (nSPS) is 18.4. The molecule has 0 spiro atoms. The number of fused-ring (bicyclic) bond motifs is 1. The van der Waals surface area contributed by atoms with Crippen LogP contribution in [0.15, 0.2) is 47.5 Å². The van der Waals surface area contributed by atoms with Gasteiger partial charge in [0.15, 0.2) is 0 Å². The average Bonchev–Trinajstić information content (AvgIpc) is 2.82. The summed E-state index contributed by atoms with van der Waals surface area (Å²) in [6.07, 6.45) is 7.48. The van der Waals surface area contributed by atoms with Gasteiger partial charge in [0.2, 0.25) is 0 Å². The van der Waals surface area contributed by atoms with E-state index in [-0.39, 0.29) is 11.6 Å². The molecule has 1 saturated carbocycles. The van der Waals surface area contributed by atoms with Crippen molar-refractivity contribution in [3.8, 4) is 22.4 Å². The highest BCUT2D eigenvalue weighted by atomic mass is 35.5. The lowest BCUT2D eigenvalue weighted by atomic mass is 9.86. The van der Waals surface area contributed by atoms with Crippen LogP contribution in [0.1, 0.15) is 37.1 Å². The molecular weight excluding hydrogens is 448 g/mol. The molecule has 5 rings (SSSR count). The van der Waals surface area contributed by atoms with Crippen LogP contribution in [-0.2, 0) is 6.54 Å². The van der Waals surface area contributed by atoms with E-state index in [9.17, 15) is 4.79 Å². The molecule has 0 bridgehead atoms. The molecule has 0 aliphatic heterocycles. The highest BCUT2D eigenvalue weighted by Crippen LogP contribution is 2.32. The van der Waals surface area contributed by atoms with E-state index in [1.165, 1.54) is 0 Å². The highest BCUT2D eigenvalue weighted by molar-refractivity contribution is 6.33. The SMILES string of the molecule is Cc1cnnc(-c2ccc(-c3cc4cnc(C)nc4n(C[C@H]4CC[C@H](N)CC4)c3=O)c(Cl)c2)c1. The van der Waals surface area contributed by atoms with Crippen molar-refractivity contribution < 1.29 is 0 Å². The quantitative estimate of drug-likeness (QED) is 0.460. The van der Waals surface area contributed by atoms with E-state index < -0.39 is 0 Å². The molecule has 1 aliphatic carbocycles. The maximum atomic E-state index is 13.8. The molecule has 4 aromatic rings. The smallest absolute Gasteiger partial charge is 0.260 e. The highest BCUT2D eigenvalue weighted by Gasteiger charge is 2.22. The topological polar surface area (TPSA) is 99.6 Å². The van der Waals surface area contributed by atoms with Crippen LogP contribution in [0.2, 0.25) is 5.02 Å². The molecule has 1 fully saturated rings. The third-order valence-electron chi connectivity index (χ3n) is 6.63. The number of benzene rings is 1. The molecular formula is C26H27ClN6O. The van der Waals surface area contributed by atoms with Crippen molar-refractivity contribution in [1.82, 2.24) is 24.7 Å². The maximum absolute atomic E-state index is 13.8. The summed E-state index contributed by atoms with van der Waals surface area (Å²) in [6.45, 7) is 4.42. The van der Waals surface area contributed by atoms with E-state index in [4.69, 9.17) is 17.3 Å². The molecule has 0 unspecified atom stereocenters. The lowest BCUT2D eigenvalue weighted by Gasteiger charge is -2.27. The van der Waals surface area contributed by atoms with E-state index in [2.05, 4.69) is 20.2 Å². The van der Waals surface area contributed by atoms with Gasteiger partial charge in [-0.1, -0.05) is 23.7 Å². The van der Waals surface area contributed by atoms with Gasteiger partial charge in [0, 0.05) is 45.9 Å². The van der Waals surface area contributed by atoms with Crippen molar-refractivity contribution in [2.45, 2.75) is 52.1 Å². The fourth-order valence-corrected chi connectivity index (χ4v) is 5.02. The second-order valence-corrected chi connectivity index (χ2v) is 9.67. The molecule has 0 radical (unpaired) electrons. The Hall–Kier alpha value is -3.16. The first kappa shape index (κ1) is 22.6. The number of halogens is 1. The second kappa shape index (κ2) is 9.24. The monoisotopic (exact) mass is 474 g/mol. The van der Waals surface area contributed by atoms with Crippen molar-refractivity contribution in [3.63, 3.8) is 0 Å². The van der Waals surface area contributed by atoms with Crippen LogP contribution in [0.4, 0.5) is 0 Å². The zero-order valence-corrected chi connectivity index (χ0v) is 20.1. The molecule has 1 aromatic carbocycles. The molecule has 7 nitrogen and oxygen atoms in total. The van der Waals surface area contributed by atoms with Gasteiger partial charge in [-0.2, -0.15) is 10.2 Å². The number of pyridine rings is 1. The summed E-state index contributed by atoms with van der Waals surface area (Å²) in [5.41, 5.74) is 10.5. The van der Waals surface area contributed by atoms with Crippen LogP contribution in [0, 0.1) is 19.8 Å². The van der Waals surface area contributed by atoms with Gasteiger partial charge >= 0.3 is 0 Å². The first-order valence-corrected chi connectivity index (χ1v) is 12.0. The van der Waals surface area contributed by atoms with Crippen molar-refractivity contribution >= 4 is 22.6 Å². The molecule has 2 N–H and O–H groups in total. The van der Waals surface area contributed by atoms with E-state index >= 15 is 0 Å². The Balaban J connectivity index is 1.60. The number of rotatable bonds is 4. The number of nitrogens with zero attached hydrogens (tertiary/aromatic N) is 5. The number of hydrogen-bond donors (Lipinski definition) is 1. The number of aryl methyl sites for hydroxylation is 2. The summed E-state index contributed by atoms with van der Waals surface area (Å²) in [4.78, 5) is 22.8. The van der Waals surface area contributed by atoms with Crippen LogP contribution >= 0.6 is 11.6 Å². The molecule has 3 heterocycles. The fraction of sp³-hybridized carbons (Fsp3) is 0.346. The van der Waals surface area contributed by atoms with Crippen LogP contribution in [-0.4, -0.2) is 30.8 Å². The Morgan fingerprint density at radius 3 is 2.59 bits per heavy atom. The molecule has 1 aliphatic rings. The minimum atomic E-state index is -0.0922. The minimum absolute atomic E-state index is 0.0922. The van der Waals surface area contributed by atoms with E-state index in [1.807, 2.05) is 44.2 Å². The van der Waals surface area contributed by atoms with Gasteiger partial charge in [-0.15, -0.1) is 0 Å². The Morgan fingerprint density at radius 2 is 1.85 bits per heavy atom. The van der Waals surface area contributed by atoms with E-state index in [1.54, 1.807) is 17.0 Å².